The van der Waals surface area contributed by atoms with Crippen LogP contribution in [0.1, 0.15) is 11.1 Å². The van der Waals surface area contributed by atoms with Gasteiger partial charge in [0.25, 0.3) is 0 Å². The summed E-state index contributed by atoms with van der Waals surface area (Å²) in [4.78, 5) is 4.50. The molecule has 1 aromatic heterocycles. The first-order chi connectivity index (χ1) is 14.6. The van der Waals surface area contributed by atoms with Crippen LogP contribution < -0.4 is 14.9 Å². The van der Waals surface area contributed by atoms with Gasteiger partial charge in [0.1, 0.15) is 6.61 Å². The second-order valence-corrected chi connectivity index (χ2v) is 8.56. The minimum atomic E-state index is 0.335. The maximum atomic E-state index is 6.21. The number of benzene rings is 3. The zero-order chi connectivity index (χ0) is 20.9. The summed E-state index contributed by atoms with van der Waals surface area (Å²) >= 11 is 11.3. The number of methoxy groups -OCH3 is 1. The number of hydrazone groups is 1. The van der Waals surface area contributed by atoms with Crippen LogP contribution in [0.4, 0.5) is 5.13 Å². The number of rotatable bonds is 7. The van der Waals surface area contributed by atoms with E-state index in [0.717, 1.165) is 30.9 Å². The molecule has 0 fully saturated rings. The maximum absolute atomic E-state index is 6.21. The maximum Gasteiger partial charge on any atom is 0.204 e. The third-order valence-corrected chi connectivity index (χ3v) is 6.15. The fourth-order valence-electron chi connectivity index (χ4n) is 2.80. The molecule has 0 aliphatic rings. The van der Waals surface area contributed by atoms with Crippen molar-refractivity contribution in [3.8, 4) is 11.5 Å². The zero-order valence-corrected chi connectivity index (χ0v) is 19.1. The summed E-state index contributed by atoms with van der Waals surface area (Å²) in [5, 5.41) is 5.70. The lowest BCUT2D eigenvalue weighted by Crippen LogP contribution is -2.00. The molecule has 152 valence electrons. The van der Waals surface area contributed by atoms with Gasteiger partial charge in [-0.2, -0.15) is 5.10 Å². The van der Waals surface area contributed by atoms with Crippen molar-refractivity contribution in [2.75, 3.05) is 12.5 Å². The average Bonchev–Trinajstić information content (AvgIpc) is 3.16. The van der Waals surface area contributed by atoms with Gasteiger partial charge in [-0.15, -0.1) is 0 Å². The molecule has 3 aromatic carbocycles. The molecule has 0 unspecified atom stereocenters. The first-order valence-corrected chi connectivity index (χ1v) is 11.0. The standard InChI is InChI=1S/C22H17BrClN3O2S/c1-28-19-11-14(12-25-27-22-26-18-8-4-5-9-20(18)30-22)10-16(23)21(19)29-13-15-6-2-3-7-17(15)24/h2-12H,13H2,1H3,(H,26,27)/b25-12+. The summed E-state index contributed by atoms with van der Waals surface area (Å²) in [5.74, 6) is 1.20. The van der Waals surface area contributed by atoms with Crippen LogP contribution in [-0.2, 0) is 6.61 Å². The van der Waals surface area contributed by atoms with Crippen molar-refractivity contribution >= 4 is 60.4 Å². The fourth-order valence-corrected chi connectivity index (χ4v) is 4.38. The molecule has 0 saturated carbocycles. The van der Waals surface area contributed by atoms with Crippen LogP contribution in [-0.4, -0.2) is 18.3 Å². The van der Waals surface area contributed by atoms with Gasteiger partial charge in [0, 0.05) is 10.6 Å². The zero-order valence-electron chi connectivity index (χ0n) is 15.9. The lowest BCUT2D eigenvalue weighted by Gasteiger charge is -2.14. The highest BCUT2D eigenvalue weighted by Gasteiger charge is 2.12. The molecule has 4 rings (SSSR count). The summed E-state index contributed by atoms with van der Waals surface area (Å²) in [5.41, 5.74) is 5.68. The van der Waals surface area contributed by atoms with E-state index in [9.17, 15) is 0 Å². The molecule has 8 heteroatoms. The Kier molecular flexibility index (Phi) is 6.52. The number of nitrogens with zero attached hydrogens (tertiary/aromatic N) is 2. The van der Waals surface area contributed by atoms with E-state index in [1.807, 2.05) is 60.7 Å². The Morgan fingerprint density at radius 3 is 2.77 bits per heavy atom. The van der Waals surface area contributed by atoms with Gasteiger partial charge in [-0.05, 0) is 51.8 Å². The molecule has 0 saturated heterocycles. The van der Waals surface area contributed by atoms with Crippen molar-refractivity contribution in [3.05, 3.63) is 81.3 Å². The quantitative estimate of drug-likeness (QED) is 0.224. The van der Waals surface area contributed by atoms with Crippen molar-refractivity contribution in [1.29, 1.82) is 0 Å². The lowest BCUT2D eigenvalue weighted by molar-refractivity contribution is 0.282. The van der Waals surface area contributed by atoms with E-state index < -0.39 is 0 Å². The summed E-state index contributed by atoms with van der Waals surface area (Å²) in [6.07, 6.45) is 1.71. The molecule has 0 atom stereocenters. The summed E-state index contributed by atoms with van der Waals surface area (Å²) in [7, 11) is 1.60. The first-order valence-electron chi connectivity index (χ1n) is 9.02. The number of para-hydroxylation sites is 1. The Morgan fingerprint density at radius 2 is 1.97 bits per heavy atom. The summed E-state index contributed by atoms with van der Waals surface area (Å²) in [6.45, 7) is 0.335. The van der Waals surface area contributed by atoms with Crippen LogP contribution in [0, 0.1) is 0 Å². The minimum absolute atomic E-state index is 0.335. The van der Waals surface area contributed by atoms with Gasteiger partial charge in [-0.3, -0.25) is 5.43 Å². The van der Waals surface area contributed by atoms with E-state index in [4.69, 9.17) is 21.1 Å². The molecule has 0 radical (unpaired) electrons. The van der Waals surface area contributed by atoms with Gasteiger partial charge in [0.05, 0.1) is 28.0 Å². The van der Waals surface area contributed by atoms with Crippen LogP contribution in [0.5, 0.6) is 11.5 Å². The number of hydrogen-bond donors (Lipinski definition) is 1. The Bertz CT molecular complexity index is 1180. The predicted octanol–water partition coefficient (Wildman–Crippen LogP) is 6.75. The molecule has 0 aliphatic carbocycles. The smallest absolute Gasteiger partial charge is 0.204 e. The number of hydrogen-bond acceptors (Lipinski definition) is 6. The van der Waals surface area contributed by atoms with Crippen molar-refractivity contribution in [2.45, 2.75) is 6.61 Å². The van der Waals surface area contributed by atoms with Crippen LogP contribution >= 0.6 is 38.9 Å². The second-order valence-electron chi connectivity index (χ2n) is 6.27. The number of anilines is 1. The molecular weight excluding hydrogens is 486 g/mol. The Morgan fingerprint density at radius 1 is 1.17 bits per heavy atom. The molecule has 1 heterocycles. The van der Waals surface area contributed by atoms with E-state index in [2.05, 4.69) is 31.4 Å². The highest BCUT2D eigenvalue weighted by Crippen LogP contribution is 2.37. The molecule has 0 bridgehead atoms. The normalized spacial score (nSPS) is 11.2. The van der Waals surface area contributed by atoms with Gasteiger partial charge >= 0.3 is 0 Å². The van der Waals surface area contributed by atoms with Crippen LogP contribution in [0.15, 0.2) is 70.2 Å². The molecule has 4 aromatic rings. The predicted molar refractivity (Wildman–Crippen MR) is 127 cm³/mol. The largest absolute Gasteiger partial charge is 0.493 e. The molecule has 5 nitrogen and oxygen atoms in total. The average molecular weight is 503 g/mol. The number of fused-ring (bicyclic) bond motifs is 1. The Balaban J connectivity index is 1.48. The van der Waals surface area contributed by atoms with Gasteiger partial charge in [-0.1, -0.05) is 53.3 Å². The minimum Gasteiger partial charge on any atom is -0.493 e. The number of nitrogens with one attached hydrogen (secondary N) is 1. The molecule has 0 spiro atoms. The molecule has 30 heavy (non-hydrogen) atoms. The number of thiazole rings is 1. The molecule has 0 aliphatic heterocycles. The number of ether oxygens (including phenoxy) is 2. The van der Waals surface area contributed by atoms with Crippen molar-refractivity contribution in [2.24, 2.45) is 5.10 Å². The van der Waals surface area contributed by atoms with Gasteiger partial charge in [-0.25, -0.2) is 4.98 Å². The van der Waals surface area contributed by atoms with Gasteiger partial charge < -0.3 is 9.47 Å². The van der Waals surface area contributed by atoms with E-state index in [-0.39, 0.29) is 0 Å². The van der Waals surface area contributed by atoms with Gasteiger partial charge in [0.15, 0.2) is 11.5 Å². The number of halogens is 2. The lowest BCUT2D eigenvalue weighted by atomic mass is 10.2. The SMILES string of the molecule is COc1cc(/C=N/Nc2nc3ccccc3s2)cc(Br)c1OCc1ccccc1Cl. The second kappa shape index (κ2) is 9.47. The van der Waals surface area contributed by atoms with Crippen LogP contribution in [0.25, 0.3) is 10.2 Å². The van der Waals surface area contributed by atoms with Crippen molar-refractivity contribution < 1.29 is 9.47 Å². The highest BCUT2D eigenvalue weighted by molar-refractivity contribution is 9.10. The first kappa shape index (κ1) is 20.7. The Labute approximate surface area is 191 Å². The highest BCUT2D eigenvalue weighted by atomic mass is 79.9. The van der Waals surface area contributed by atoms with Crippen molar-refractivity contribution in [1.82, 2.24) is 4.98 Å². The Hall–Kier alpha value is -2.61. The van der Waals surface area contributed by atoms with E-state index >= 15 is 0 Å². The molecule has 0 amide bonds. The summed E-state index contributed by atoms with van der Waals surface area (Å²) in [6, 6.07) is 19.3. The van der Waals surface area contributed by atoms with Crippen LogP contribution in [0.3, 0.4) is 0 Å². The fraction of sp³-hybridized carbons (Fsp3) is 0.0909. The van der Waals surface area contributed by atoms with E-state index in [1.54, 1.807) is 24.7 Å². The van der Waals surface area contributed by atoms with Crippen LogP contribution in [0.2, 0.25) is 5.02 Å². The molecule has 1 N–H and O–H groups in total. The third-order valence-electron chi connectivity index (χ3n) is 4.25. The van der Waals surface area contributed by atoms with E-state index in [1.165, 1.54) is 0 Å². The molecular formula is C22H17BrClN3O2S. The van der Waals surface area contributed by atoms with Gasteiger partial charge in [0.2, 0.25) is 5.13 Å². The number of aromatic nitrogens is 1. The summed E-state index contributed by atoms with van der Waals surface area (Å²) < 4.78 is 13.3. The topological polar surface area (TPSA) is 55.7 Å². The van der Waals surface area contributed by atoms with Crippen molar-refractivity contribution in [3.63, 3.8) is 0 Å². The van der Waals surface area contributed by atoms with E-state index in [0.29, 0.717) is 23.1 Å². The third kappa shape index (κ3) is 4.75. The monoisotopic (exact) mass is 501 g/mol.